The normalized spacial score (nSPS) is 10.5. The van der Waals surface area contributed by atoms with E-state index in [-0.39, 0.29) is 0 Å². The summed E-state index contributed by atoms with van der Waals surface area (Å²) in [6, 6.07) is 7.80. The lowest BCUT2D eigenvalue weighted by atomic mass is 10.2. The molecule has 2 rings (SSSR count). The van der Waals surface area contributed by atoms with Crippen LogP contribution in [0.25, 0.3) is 10.9 Å². The van der Waals surface area contributed by atoms with Gasteiger partial charge in [-0.05, 0) is 18.3 Å². The number of thiocarbonyl (C=S) groups is 1. The summed E-state index contributed by atoms with van der Waals surface area (Å²) in [4.78, 5) is 3.17. The number of halogens is 1. The molecule has 5 N–H and O–H groups in total. The summed E-state index contributed by atoms with van der Waals surface area (Å²) in [7, 11) is 0. The molecule has 0 saturated carbocycles. The summed E-state index contributed by atoms with van der Waals surface area (Å²) in [5.41, 5.74) is 6.35. The fraction of sp³-hybridized carbons (Fsp3) is 0.182. The molecule has 6 heteroatoms. The molecule has 0 unspecified atom stereocenters. The largest absolute Gasteiger partial charge is 0.361 e. The maximum atomic E-state index is 6.23. The van der Waals surface area contributed by atoms with Crippen LogP contribution in [0.2, 0.25) is 5.02 Å². The molecule has 17 heavy (non-hydrogen) atoms. The van der Waals surface area contributed by atoms with Gasteiger partial charge in [-0.25, -0.2) is 0 Å². The van der Waals surface area contributed by atoms with Crippen LogP contribution in [0.5, 0.6) is 0 Å². The van der Waals surface area contributed by atoms with Gasteiger partial charge < -0.3 is 21.4 Å². The highest BCUT2D eigenvalue weighted by Crippen LogP contribution is 2.30. The number of H-pyrrole nitrogens is 1. The maximum Gasteiger partial charge on any atom is 0.171 e. The number of benzene rings is 1. The summed E-state index contributed by atoms with van der Waals surface area (Å²) in [5.74, 6) is 0.697. The van der Waals surface area contributed by atoms with Crippen LogP contribution in [0, 0.1) is 0 Å². The summed E-state index contributed by atoms with van der Waals surface area (Å²) in [5, 5.41) is 8.09. The lowest BCUT2D eigenvalue weighted by Crippen LogP contribution is -2.32. The number of aromatic amines is 1. The van der Waals surface area contributed by atoms with Gasteiger partial charge in [-0.15, -0.1) is 0 Å². The SMILES string of the molecule is NCCNC(=S)Nc1[nH]c2ccccc2c1Cl. The van der Waals surface area contributed by atoms with Crippen LogP contribution >= 0.6 is 23.8 Å². The number of rotatable bonds is 3. The molecule has 0 aliphatic carbocycles. The van der Waals surface area contributed by atoms with E-state index in [0.29, 0.717) is 29.0 Å². The minimum atomic E-state index is 0.504. The molecule has 0 atom stereocenters. The van der Waals surface area contributed by atoms with E-state index < -0.39 is 0 Å². The monoisotopic (exact) mass is 268 g/mol. The van der Waals surface area contributed by atoms with E-state index in [1.807, 2.05) is 24.3 Å². The summed E-state index contributed by atoms with van der Waals surface area (Å²) in [6.07, 6.45) is 0. The fourth-order valence-electron chi connectivity index (χ4n) is 1.54. The molecule has 4 nitrogen and oxygen atoms in total. The Kier molecular flexibility index (Phi) is 3.83. The van der Waals surface area contributed by atoms with Gasteiger partial charge in [0.15, 0.2) is 5.11 Å². The van der Waals surface area contributed by atoms with Crippen LogP contribution in [0.1, 0.15) is 0 Å². The third-order valence-corrected chi connectivity index (χ3v) is 2.95. The lowest BCUT2D eigenvalue weighted by Gasteiger charge is -2.08. The number of hydrogen-bond donors (Lipinski definition) is 4. The van der Waals surface area contributed by atoms with Gasteiger partial charge in [0.25, 0.3) is 0 Å². The number of hydrogen-bond acceptors (Lipinski definition) is 2. The molecular weight excluding hydrogens is 256 g/mol. The van der Waals surface area contributed by atoms with Gasteiger partial charge >= 0.3 is 0 Å². The molecule has 2 aromatic rings. The number of nitrogens with two attached hydrogens (primary N) is 1. The Morgan fingerprint density at radius 3 is 2.88 bits per heavy atom. The van der Waals surface area contributed by atoms with Gasteiger partial charge in [0.2, 0.25) is 0 Å². The molecule has 0 amide bonds. The zero-order valence-corrected chi connectivity index (χ0v) is 10.7. The van der Waals surface area contributed by atoms with Crippen LogP contribution in [-0.4, -0.2) is 23.2 Å². The minimum Gasteiger partial charge on any atom is -0.361 e. The molecule has 1 aromatic carbocycles. The van der Waals surface area contributed by atoms with E-state index in [1.54, 1.807) is 0 Å². The van der Waals surface area contributed by atoms with Crippen molar-refractivity contribution in [3.8, 4) is 0 Å². The summed E-state index contributed by atoms with van der Waals surface area (Å²) < 4.78 is 0. The second-order valence-corrected chi connectivity index (χ2v) is 4.32. The van der Waals surface area contributed by atoms with Crippen molar-refractivity contribution < 1.29 is 0 Å². The van der Waals surface area contributed by atoms with Gasteiger partial charge in [-0.1, -0.05) is 29.8 Å². The molecule has 0 fully saturated rings. The number of anilines is 1. The Morgan fingerprint density at radius 2 is 2.18 bits per heavy atom. The smallest absolute Gasteiger partial charge is 0.171 e. The highest BCUT2D eigenvalue weighted by molar-refractivity contribution is 7.80. The predicted molar refractivity (Wildman–Crippen MR) is 76.6 cm³/mol. The van der Waals surface area contributed by atoms with E-state index in [0.717, 1.165) is 10.9 Å². The summed E-state index contributed by atoms with van der Waals surface area (Å²) >= 11 is 11.3. The quantitative estimate of drug-likeness (QED) is 0.644. The van der Waals surface area contributed by atoms with Gasteiger partial charge in [0, 0.05) is 24.0 Å². The van der Waals surface area contributed by atoms with Crippen LogP contribution in [-0.2, 0) is 0 Å². The third kappa shape index (κ3) is 2.69. The maximum absolute atomic E-state index is 6.23. The average Bonchev–Trinajstić information content (AvgIpc) is 2.64. The molecule has 1 aromatic heterocycles. The van der Waals surface area contributed by atoms with Gasteiger partial charge in [-0.2, -0.15) is 0 Å². The van der Waals surface area contributed by atoms with Crippen molar-refractivity contribution in [3.63, 3.8) is 0 Å². The first-order valence-electron chi connectivity index (χ1n) is 5.23. The van der Waals surface area contributed by atoms with Crippen molar-refractivity contribution >= 4 is 45.7 Å². The van der Waals surface area contributed by atoms with Crippen molar-refractivity contribution in [1.29, 1.82) is 0 Å². The van der Waals surface area contributed by atoms with Crippen molar-refractivity contribution in [2.24, 2.45) is 5.73 Å². The van der Waals surface area contributed by atoms with Crippen molar-refractivity contribution in [2.75, 3.05) is 18.4 Å². The molecule has 0 radical (unpaired) electrons. The second kappa shape index (κ2) is 5.35. The Hall–Kier alpha value is -1.30. The topological polar surface area (TPSA) is 65.9 Å². The Labute approximate surface area is 110 Å². The molecule has 0 aliphatic heterocycles. The van der Waals surface area contributed by atoms with Crippen LogP contribution in [0.3, 0.4) is 0 Å². The van der Waals surface area contributed by atoms with Gasteiger partial charge in [0.05, 0.1) is 5.02 Å². The number of para-hydroxylation sites is 1. The number of aromatic nitrogens is 1. The molecule has 1 heterocycles. The van der Waals surface area contributed by atoms with E-state index in [1.165, 1.54) is 0 Å². The fourth-order valence-corrected chi connectivity index (χ4v) is 2.00. The van der Waals surface area contributed by atoms with Crippen LogP contribution < -0.4 is 16.4 Å². The van der Waals surface area contributed by atoms with E-state index >= 15 is 0 Å². The van der Waals surface area contributed by atoms with Gasteiger partial charge in [0.1, 0.15) is 5.82 Å². The van der Waals surface area contributed by atoms with E-state index in [4.69, 9.17) is 29.6 Å². The Morgan fingerprint density at radius 1 is 1.41 bits per heavy atom. The predicted octanol–water partition coefficient (Wildman–Crippen LogP) is 2.07. The average molecular weight is 269 g/mol. The van der Waals surface area contributed by atoms with E-state index in [9.17, 15) is 0 Å². The third-order valence-electron chi connectivity index (χ3n) is 2.31. The van der Waals surface area contributed by atoms with Crippen LogP contribution in [0.4, 0.5) is 5.82 Å². The minimum absolute atomic E-state index is 0.504. The van der Waals surface area contributed by atoms with Crippen molar-refractivity contribution in [1.82, 2.24) is 10.3 Å². The zero-order chi connectivity index (χ0) is 12.3. The van der Waals surface area contributed by atoms with E-state index in [2.05, 4.69) is 15.6 Å². The summed E-state index contributed by atoms with van der Waals surface area (Å²) in [6.45, 7) is 1.16. The van der Waals surface area contributed by atoms with Crippen molar-refractivity contribution in [2.45, 2.75) is 0 Å². The van der Waals surface area contributed by atoms with Gasteiger partial charge in [-0.3, -0.25) is 0 Å². The number of fused-ring (bicyclic) bond motifs is 1. The first-order chi connectivity index (χ1) is 8.22. The molecular formula is C11H13ClN4S. The molecule has 0 spiro atoms. The molecule has 0 bridgehead atoms. The number of nitrogens with one attached hydrogen (secondary N) is 3. The Balaban J connectivity index is 2.19. The first-order valence-corrected chi connectivity index (χ1v) is 6.02. The van der Waals surface area contributed by atoms with Crippen molar-refractivity contribution in [3.05, 3.63) is 29.3 Å². The first kappa shape index (κ1) is 12.2. The highest BCUT2D eigenvalue weighted by Gasteiger charge is 2.09. The standard InChI is InChI=1S/C11H13ClN4S/c12-9-7-3-1-2-4-8(7)15-10(9)16-11(17)14-6-5-13/h1-4,15H,5-6,13H2,(H2,14,16,17). The molecule has 90 valence electrons. The second-order valence-electron chi connectivity index (χ2n) is 3.53. The van der Waals surface area contributed by atoms with Crippen LogP contribution in [0.15, 0.2) is 24.3 Å². The highest BCUT2D eigenvalue weighted by atomic mass is 35.5. The molecule has 0 aliphatic rings. The zero-order valence-electron chi connectivity index (χ0n) is 9.09. The lowest BCUT2D eigenvalue weighted by molar-refractivity contribution is 0.883. The molecule has 0 saturated heterocycles. The Bertz CT molecular complexity index is 537.